The number of rotatable bonds is 8. The summed E-state index contributed by atoms with van der Waals surface area (Å²) in [5.41, 5.74) is 1.65. The van der Waals surface area contributed by atoms with Crippen LogP contribution in [0.5, 0.6) is 0 Å². The SMILES string of the molecule is Cc1cc(N(C)c2nc(C(=O)O)c(C3CN(S(=O)(=O)c4ccccc4)C3)s2)nnc1Nc1nc2ccccc2s1. The molecule has 204 valence electrons. The minimum Gasteiger partial charge on any atom is -0.476 e. The molecule has 0 spiro atoms. The smallest absolute Gasteiger partial charge is 0.355 e. The number of hydrogen-bond donors (Lipinski definition) is 2. The van der Waals surface area contributed by atoms with E-state index in [1.54, 1.807) is 42.3 Å². The second-order valence-electron chi connectivity index (χ2n) is 9.25. The van der Waals surface area contributed by atoms with Crippen LogP contribution in [-0.4, -0.2) is 64.1 Å². The molecule has 0 radical (unpaired) electrons. The van der Waals surface area contributed by atoms with E-state index >= 15 is 0 Å². The molecule has 14 heteroatoms. The number of thiazole rings is 2. The number of carboxylic acid groups (broad SMARTS) is 1. The molecule has 2 aromatic carbocycles. The van der Waals surface area contributed by atoms with Crippen LogP contribution in [0.2, 0.25) is 0 Å². The maximum absolute atomic E-state index is 12.9. The molecule has 1 saturated heterocycles. The lowest BCUT2D eigenvalue weighted by Gasteiger charge is -2.37. The Balaban J connectivity index is 1.20. The number of hydrogen-bond acceptors (Lipinski definition) is 11. The Bertz CT molecular complexity index is 1800. The van der Waals surface area contributed by atoms with Gasteiger partial charge in [0.05, 0.1) is 15.1 Å². The summed E-state index contributed by atoms with van der Waals surface area (Å²) >= 11 is 2.74. The Kier molecular flexibility index (Phi) is 6.70. The van der Waals surface area contributed by atoms with E-state index in [4.69, 9.17) is 0 Å². The second-order valence-corrected chi connectivity index (χ2v) is 13.2. The highest BCUT2D eigenvalue weighted by Crippen LogP contribution is 2.40. The third kappa shape index (κ3) is 4.79. The number of carbonyl (C=O) groups is 1. The van der Waals surface area contributed by atoms with E-state index in [1.165, 1.54) is 27.0 Å². The van der Waals surface area contributed by atoms with Crippen LogP contribution in [-0.2, 0) is 10.0 Å². The van der Waals surface area contributed by atoms with Crippen LogP contribution in [0.15, 0.2) is 65.6 Å². The molecule has 2 N–H and O–H groups in total. The standard InChI is InChI=1S/C26H23N7O4S3/c1-15-12-20(30-31-23(15)29-25-27-18-10-6-7-11-19(18)38-25)32(2)26-28-21(24(34)35)22(39-26)16-13-33(14-16)40(36,37)17-8-4-3-5-9-17/h3-12,16H,13-14H2,1-2H3,(H,34,35)(H,27,29,31). The fourth-order valence-electron chi connectivity index (χ4n) is 4.32. The Hall–Kier alpha value is -3.98. The van der Waals surface area contributed by atoms with Gasteiger partial charge in [0.2, 0.25) is 10.0 Å². The topological polar surface area (TPSA) is 142 Å². The summed E-state index contributed by atoms with van der Waals surface area (Å²) in [6.07, 6.45) is 0. The number of aromatic carboxylic acids is 1. The number of nitrogens with zero attached hydrogens (tertiary/aromatic N) is 6. The van der Waals surface area contributed by atoms with Gasteiger partial charge in [0, 0.05) is 30.9 Å². The van der Waals surface area contributed by atoms with E-state index in [-0.39, 0.29) is 29.6 Å². The predicted molar refractivity (Wildman–Crippen MR) is 155 cm³/mol. The molecule has 5 aromatic rings. The molecule has 3 aromatic heterocycles. The third-order valence-corrected chi connectivity index (χ3v) is 10.7. The lowest BCUT2D eigenvalue weighted by molar-refractivity contribution is 0.0688. The lowest BCUT2D eigenvalue weighted by atomic mass is 10.00. The van der Waals surface area contributed by atoms with Gasteiger partial charge in [-0.3, -0.25) is 0 Å². The highest BCUT2D eigenvalue weighted by molar-refractivity contribution is 7.89. The molecule has 4 heterocycles. The van der Waals surface area contributed by atoms with Crippen molar-refractivity contribution in [1.29, 1.82) is 0 Å². The van der Waals surface area contributed by atoms with Crippen molar-refractivity contribution in [3.8, 4) is 0 Å². The van der Waals surface area contributed by atoms with Gasteiger partial charge in [0.15, 0.2) is 27.6 Å². The average molecular weight is 594 g/mol. The van der Waals surface area contributed by atoms with Gasteiger partial charge >= 0.3 is 5.97 Å². The zero-order valence-corrected chi connectivity index (χ0v) is 23.8. The van der Waals surface area contributed by atoms with Gasteiger partial charge in [-0.2, -0.15) is 4.31 Å². The summed E-state index contributed by atoms with van der Waals surface area (Å²) in [6.45, 7) is 2.27. The molecule has 1 fully saturated rings. The highest BCUT2D eigenvalue weighted by Gasteiger charge is 2.40. The number of sulfonamides is 1. The normalized spacial score (nSPS) is 14.2. The van der Waals surface area contributed by atoms with Crippen molar-refractivity contribution in [1.82, 2.24) is 24.5 Å². The van der Waals surface area contributed by atoms with Crippen LogP contribution in [0.4, 0.5) is 21.9 Å². The van der Waals surface area contributed by atoms with Gasteiger partial charge in [-0.15, -0.1) is 21.5 Å². The summed E-state index contributed by atoms with van der Waals surface area (Å²) in [5, 5.41) is 22.9. The number of para-hydroxylation sites is 1. The van der Waals surface area contributed by atoms with Crippen molar-refractivity contribution in [3.63, 3.8) is 0 Å². The summed E-state index contributed by atoms with van der Waals surface area (Å²) < 4.78 is 28.2. The van der Waals surface area contributed by atoms with Crippen molar-refractivity contribution in [2.45, 2.75) is 17.7 Å². The lowest BCUT2D eigenvalue weighted by Crippen LogP contribution is -2.48. The fourth-order valence-corrected chi connectivity index (χ4v) is 7.84. The molecule has 11 nitrogen and oxygen atoms in total. The van der Waals surface area contributed by atoms with Gasteiger partial charge in [-0.05, 0) is 42.8 Å². The summed E-state index contributed by atoms with van der Waals surface area (Å²) in [6, 6.07) is 17.9. The summed E-state index contributed by atoms with van der Waals surface area (Å²) in [4.78, 5) is 23.4. The number of aromatic nitrogens is 4. The minimum absolute atomic E-state index is 0.0765. The summed E-state index contributed by atoms with van der Waals surface area (Å²) in [5.74, 6) is -0.367. The van der Waals surface area contributed by atoms with Crippen LogP contribution >= 0.6 is 22.7 Å². The van der Waals surface area contributed by atoms with Gasteiger partial charge in [-0.1, -0.05) is 41.7 Å². The molecule has 0 bridgehead atoms. The van der Waals surface area contributed by atoms with E-state index < -0.39 is 16.0 Å². The molecule has 0 unspecified atom stereocenters. The quantitative estimate of drug-likeness (QED) is 0.256. The first-order valence-corrected chi connectivity index (χ1v) is 15.3. The van der Waals surface area contributed by atoms with Crippen molar-refractivity contribution < 1.29 is 18.3 Å². The van der Waals surface area contributed by atoms with Crippen molar-refractivity contribution in [2.24, 2.45) is 0 Å². The van der Waals surface area contributed by atoms with E-state index in [9.17, 15) is 18.3 Å². The molecule has 0 aliphatic carbocycles. The monoisotopic (exact) mass is 593 g/mol. The molecule has 6 rings (SSSR count). The van der Waals surface area contributed by atoms with Crippen LogP contribution in [0, 0.1) is 6.92 Å². The van der Waals surface area contributed by atoms with Gasteiger partial charge < -0.3 is 15.3 Å². The molecular weight excluding hydrogens is 571 g/mol. The molecule has 0 saturated carbocycles. The Morgan fingerprint density at radius 1 is 1.05 bits per heavy atom. The first-order chi connectivity index (χ1) is 19.2. The number of carboxylic acids is 1. The van der Waals surface area contributed by atoms with Crippen molar-refractivity contribution in [2.75, 3.05) is 30.4 Å². The Morgan fingerprint density at radius 3 is 2.48 bits per heavy atom. The minimum atomic E-state index is -3.64. The Morgan fingerprint density at radius 2 is 1.77 bits per heavy atom. The zero-order valence-electron chi connectivity index (χ0n) is 21.3. The summed E-state index contributed by atoms with van der Waals surface area (Å²) in [7, 11) is -1.89. The number of anilines is 4. The van der Waals surface area contributed by atoms with Crippen LogP contribution in [0.3, 0.4) is 0 Å². The number of fused-ring (bicyclic) bond motifs is 1. The van der Waals surface area contributed by atoms with Crippen LogP contribution in [0.1, 0.15) is 26.8 Å². The maximum atomic E-state index is 12.9. The van der Waals surface area contributed by atoms with E-state index in [0.717, 1.165) is 15.8 Å². The first kappa shape index (κ1) is 26.3. The molecule has 1 aliphatic heterocycles. The predicted octanol–water partition coefficient (Wildman–Crippen LogP) is 4.85. The van der Waals surface area contributed by atoms with Gasteiger partial charge in [0.25, 0.3) is 0 Å². The van der Waals surface area contributed by atoms with E-state index in [0.29, 0.717) is 26.8 Å². The molecule has 1 aliphatic rings. The Labute approximate surface area is 237 Å². The van der Waals surface area contributed by atoms with E-state index in [2.05, 4.69) is 25.5 Å². The van der Waals surface area contributed by atoms with Crippen molar-refractivity contribution >= 4 is 70.8 Å². The fraction of sp³-hybridized carbons (Fsp3) is 0.192. The molecule has 40 heavy (non-hydrogen) atoms. The van der Waals surface area contributed by atoms with E-state index in [1.807, 2.05) is 37.3 Å². The third-order valence-electron chi connectivity index (χ3n) is 6.57. The number of nitrogens with one attached hydrogen (secondary N) is 1. The number of aryl methyl sites for hydroxylation is 1. The molecular formula is C26H23N7O4S3. The second kappa shape index (κ2) is 10.2. The van der Waals surface area contributed by atoms with Crippen LogP contribution in [0.25, 0.3) is 10.2 Å². The molecule has 0 amide bonds. The number of benzene rings is 2. The molecule has 0 atom stereocenters. The van der Waals surface area contributed by atoms with Gasteiger partial charge in [-0.25, -0.2) is 23.2 Å². The highest BCUT2D eigenvalue weighted by atomic mass is 32.2. The maximum Gasteiger partial charge on any atom is 0.355 e. The van der Waals surface area contributed by atoms with Crippen LogP contribution < -0.4 is 10.2 Å². The zero-order chi connectivity index (χ0) is 28.0. The van der Waals surface area contributed by atoms with Gasteiger partial charge in [0.1, 0.15) is 0 Å². The average Bonchev–Trinajstić information content (AvgIpc) is 3.53. The largest absolute Gasteiger partial charge is 0.476 e. The first-order valence-electron chi connectivity index (χ1n) is 12.2. The van der Waals surface area contributed by atoms with Crippen molar-refractivity contribution in [3.05, 3.63) is 76.8 Å².